The summed E-state index contributed by atoms with van der Waals surface area (Å²) >= 11 is 0. The summed E-state index contributed by atoms with van der Waals surface area (Å²) in [5.74, 6) is -0.377. The molecule has 1 amide bonds. The first-order chi connectivity index (χ1) is 10.1. The van der Waals surface area contributed by atoms with Crippen LogP contribution in [-0.2, 0) is 21.2 Å². The minimum Gasteiger partial charge on any atom is -0.278 e. The highest BCUT2D eigenvalue weighted by molar-refractivity contribution is 7.89. The summed E-state index contributed by atoms with van der Waals surface area (Å²) in [7, 11) is -3.72. The maximum Gasteiger partial charge on any atom is 0.257 e. The molecule has 0 aliphatic heterocycles. The molecular weight excluding hydrogens is 288 g/mol. The zero-order valence-electron chi connectivity index (χ0n) is 11.3. The summed E-state index contributed by atoms with van der Waals surface area (Å²) in [4.78, 5) is 13.8. The quantitative estimate of drug-likeness (QED) is 0.797. The van der Waals surface area contributed by atoms with Gasteiger partial charge in [0.05, 0.1) is 4.90 Å². The van der Waals surface area contributed by atoms with Crippen molar-refractivity contribution in [2.45, 2.75) is 17.7 Å². The molecule has 0 atom stereocenters. The molecule has 0 saturated carbocycles. The van der Waals surface area contributed by atoms with Gasteiger partial charge in [0.15, 0.2) is 0 Å². The Labute approximate surface area is 124 Å². The number of hydrogen-bond donors (Lipinski definition) is 2. The number of nitrogens with one attached hydrogen (secondary N) is 2. The van der Waals surface area contributed by atoms with Gasteiger partial charge in [-0.2, -0.15) is 0 Å². The van der Waals surface area contributed by atoms with Gasteiger partial charge in [0, 0.05) is 6.42 Å². The summed E-state index contributed by atoms with van der Waals surface area (Å²) < 4.78 is 23.8. The van der Waals surface area contributed by atoms with Crippen molar-refractivity contribution >= 4 is 15.9 Å². The number of benzene rings is 2. The molecule has 0 spiro atoms. The fourth-order valence-electron chi connectivity index (χ4n) is 1.75. The summed E-state index contributed by atoms with van der Waals surface area (Å²) in [6, 6.07) is 17.4. The molecule has 2 aromatic carbocycles. The van der Waals surface area contributed by atoms with Crippen LogP contribution >= 0.6 is 0 Å². The van der Waals surface area contributed by atoms with Crippen LogP contribution in [0, 0.1) is 0 Å². The van der Waals surface area contributed by atoms with E-state index in [9.17, 15) is 13.2 Å². The van der Waals surface area contributed by atoms with E-state index in [0.717, 1.165) is 5.56 Å². The zero-order valence-corrected chi connectivity index (χ0v) is 12.1. The molecule has 21 heavy (non-hydrogen) atoms. The van der Waals surface area contributed by atoms with Crippen molar-refractivity contribution in [3.8, 4) is 0 Å². The lowest BCUT2D eigenvalue weighted by Gasteiger charge is -2.08. The third-order valence-corrected chi connectivity index (χ3v) is 4.13. The average molecular weight is 304 g/mol. The van der Waals surface area contributed by atoms with Crippen molar-refractivity contribution in [2.24, 2.45) is 0 Å². The Morgan fingerprint density at radius 2 is 1.48 bits per heavy atom. The van der Waals surface area contributed by atoms with E-state index in [2.05, 4.69) is 10.3 Å². The van der Waals surface area contributed by atoms with Gasteiger partial charge in [-0.3, -0.25) is 10.2 Å². The van der Waals surface area contributed by atoms with E-state index in [0.29, 0.717) is 6.42 Å². The molecule has 0 aromatic heterocycles. The molecule has 2 rings (SSSR count). The van der Waals surface area contributed by atoms with Gasteiger partial charge in [-0.15, -0.1) is 4.83 Å². The molecule has 0 heterocycles. The molecule has 110 valence electrons. The fourth-order valence-corrected chi connectivity index (χ4v) is 2.63. The first-order valence-electron chi connectivity index (χ1n) is 6.47. The van der Waals surface area contributed by atoms with Crippen molar-refractivity contribution in [3.63, 3.8) is 0 Å². The molecule has 0 unspecified atom stereocenters. The smallest absolute Gasteiger partial charge is 0.257 e. The molecule has 6 heteroatoms. The third kappa shape index (κ3) is 4.70. The van der Waals surface area contributed by atoms with Gasteiger partial charge in [0.2, 0.25) is 5.91 Å². The molecule has 0 saturated heterocycles. The number of carbonyl (C=O) groups excluding carboxylic acids is 1. The first-order valence-corrected chi connectivity index (χ1v) is 7.96. The van der Waals surface area contributed by atoms with Crippen molar-refractivity contribution in [1.82, 2.24) is 10.3 Å². The second-order valence-corrected chi connectivity index (χ2v) is 6.13. The number of carbonyl (C=O) groups is 1. The third-order valence-electron chi connectivity index (χ3n) is 2.86. The normalized spacial score (nSPS) is 11.0. The molecule has 0 aliphatic rings. The Morgan fingerprint density at radius 3 is 2.10 bits per heavy atom. The topological polar surface area (TPSA) is 75.3 Å². The number of amides is 1. The summed E-state index contributed by atoms with van der Waals surface area (Å²) in [6.07, 6.45) is 0.765. The SMILES string of the molecule is O=C(CCc1ccccc1)NNS(=O)(=O)c1ccccc1. The summed E-state index contributed by atoms with van der Waals surface area (Å²) in [6.45, 7) is 0. The van der Waals surface area contributed by atoms with Crippen molar-refractivity contribution in [1.29, 1.82) is 0 Å². The molecule has 5 nitrogen and oxygen atoms in total. The molecule has 0 aliphatic carbocycles. The van der Waals surface area contributed by atoms with Gasteiger partial charge in [0.1, 0.15) is 0 Å². The number of aryl methyl sites for hydroxylation is 1. The molecule has 0 bridgehead atoms. The highest BCUT2D eigenvalue weighted by atomic mass is 32.2. The highest BCUT2D eigenvalue weighted by Crippen LogP contribution is 2.06. The Bertz CT molecular complexity index is 685. The molecule has 0 fully saturated rings. The monoisotopic (exact) mass is 304 g/mol. The predicted molar refractivity (Wildman–Crippen MR) is 79.7 cm³/mol. The molecule has 2 aromatic rings. The van der Waals surface area contributed by atoms with Crippen LogP contribution in [0.1, 0.15) is 12.0 Å². The maximum absolute atomic E-state index is 11.9. The fraction of sp³-hybridized carbons (Fsp3) is 0.133. The largest absolute Gasteiger partial charge is 0.278 e. The minimum atomic E-state index is -3.72. The second kappa shape index (κ2) is 7.01. The van der Waals surface area contributed by atoms with Gasteiger partial charge in [0.25, 0.3) is 10.0 Å². The lowest BCUT2D eigenvalue weighted by molar-refractivity contribution is -0.121. The average Bonchev–Trinajstić information content (AvgIpc) is 2.53. The lowest BCUT2D eigenvalue weighted by Crippen LogP contribution is -2.41. The second-order valence-electron chi connectivity index (χ2n) is 4.45. The van der Waals surface area contributed by atoms with E-state index in [1.165, 1.54) is 12.1 Å². The minimum absolute atomic E-state index is 0.105. The van der Waals surface area contributed by atoms with Gasteiger partial charge in [-0.25, -0.2) is 8.42 Å². The number of sulfonamides is 1. The van der Waals surface area contributed by atoms with Crippen LogP contribution in [0.4, 0.5) is 0 Å². The summed E-state index contributed by atoms with van der Waals surface area (Å²) in [5.41, 5.74) is 3.24. The van der Waals surface area contributed by atoms with Crippen LogP contribution < -0.4 is 10.3 Å². The molecule has 0 radical (unpaired) electrons. The Kier molecular flexibility index (Phi) is 5.08. The van der Waals surface area contributed by atoms with Gasteiger partial charge >= 0.3 is 0 Å². The van der Waals surface area contributed by atoms with E-state index in [1.807, 2.05) is 30.3 Å². The van der Waals surface area contributed by atoms with Crippen LogP contribution in [0.3, 0.4) is 0 Å². The van der Waals surface area contributed by atoms with E-state index < -0.39 is 10.0 Å². The highest BCUT2D eigenvalue weighted by Gasteiger charge is 2.14. The Morgan fingerprint density at radius 1 is 0.905 bits per heavy atom. The van der Waals surface area contributed by atoms with Crippen LogP contribution in [-0.4, -0.2) is 14.3 Å². The molecule has 2 N–H and O–H groups in total. The van der Waals surface area contributed by atoms with Gasteiger partial charge < -0.3 is 0 Å². The predicted octanol–water partition coefficient (Wildman–Crippen LogP) is 1.63. The Balaban J connectivity index is 1.84. The van der Waals surface area contributed by atoms with Gasteiger partial charge in [-0.1, -0.05) is 48.5 Å². The number of rotatable bonds is 6. The standard InChI is InChI=1S/C15H16N2O3S/c18-15(12-11-13-7-3-1-4-8-13)16-17-21(19,20)14-9-5-2-6-10-14/h1-10,17H,11-12H2,(H,16,18). The van der Waals surface area contributed by atoms with E-state index in [1.54, 1.807) is 18.2 Å². The van der Waals surface area contributed by atoms with Crippen LogP contribution in [0.15, 0.2) is 65.6 Å². The van der Waals surface area contributed by atoms with E-state index >= 15 is 0 Å². The van der Waals surface area contributed by atoms with Crippen molar-refractivity contribution < 1.29 is 13.2 Å². The zero-order chi connectivity index (χ0) is 15.1. The maximum atomic E-state index is 11.9. The first kappa shape index (κ1) is 15.2. The lowest BCUT2D eigenvalue weighted by atomic mass is 10.1. The summed E-state index contributed by atoms with van der Waals surface area (Å²) in [5, 5.41) is 0. The number of hydrazine groups is 1. The van der Waals surface area contributed by atoms with Crippen LogP contribution in [0.25, 0.3) is 0 Å². The number of hydrogen-bond acceptors (Lipinski definition) is 3. The van der Waals surface area contributed by atoms with Crippen molar-refractivity contribution in [3.05, 3.63) is 66.2 Å². The van der Waals surface area contributed by atoms with Gasteiger partial charge in [-0.05, 0) is 24.1 Å². The Hall–Kier alpha value is -2.18. The van der Waals surface area contributed by atoms with E-state index in [-0.39, 0.29) is 17.2 Å². The van der Waals surface area contributed by atoms with E-state index in [4.69, 9.17) is 0 Å². The van der Waals surface area contributed by atoms with Crippen LogP contribution in [0.5, 0.6) is 0 Å². The molecular formula is C15H16N2O3S. The van der Waals surface area contributed by atoms with Crippen LogP contribution in [0.2, 0.25) is 0 Å². The van der Waals surface area contributed by atoms with Crippen molar-refractivity contribution in [2.75, 3.05) is 0 Å².